The Labute approximate surface area is 126 Å². The topological polar surface area (TPSA) is 73.2 Å². The molecule has 0 aliphatic rings. The van der Waals surface area contributed by atoms with Crippen LogP contribution in [0.15, 0.2) is 35.1 Å². The molecule has 2 rings (SSSR count). The van der Waals surface area contributed by atoms with Crippen LogP contribution in [-0.4, -0.2) is 35.9 Å². The van der Waals surface area contributed by atoms with E-state index in [1.165, 1.54) is 30.0 Å². The Hall–Kier alpha value is -2.54. The second-order valence-corrected chi connectivity index (χ2v) is 4.61. The van der Waals surface area contributed by atoms with Crippen LogP contribution in [-0.2, 0) is 4.74 Å². The van der Waals surface area contributed by atoms with E-state index in [1.807, 2.05) is 0 Å². The Bertz CT molecular complexity index is 743. The Balaban J connectivity index is 2.42. The summed E-state index contributed by atoms with van der Waals surface area (Å²) in [5.41, 5.74) is -0.195. The largest absolute Gasteiger partial charge is 0.383 e. The predicted molar refractivity (Wildman–Crippen MR) is 78.7 cm³/mol. The highest BCUT2D eigenvalue weighted by molar-refractivity contribution is 5.92. The molecule has 0 aliphatic heterocycles. The number of hydrogen-bond acceptors (Lipinski definition) is 4. The lowest BCUT2D eigenvalue weighted by molar-refractivity contribution is 0.0929. The summed E-state index contributed by atoms with van der Waals surface area (Å²) in [7, 11) is 1.50. The summed E-state index contributed by atoms with van der Waals surface area (Å²) < 4.78 is 19.9. The smallest absolute Gasteiger partial charge is 0.275 e. The van der Waals surface area contributed by atoms with Crippen molar-refractivity contribution in [2.75, 3.05) is 20.3 Å². The molecule has 1 aromatic carbocycles. The van der Waals surface area contributed by atoms with Crippen molar-refractivity contribution >= 4 is 5.91 Å². The van der Waals surface area contributed by atoms with Crippen molar-refractivity contribution in [3.63, 3.8) is 0 Å². The molecule has 1 N–H and O–H groups in total. The molecule has 0 bridgehead atoms. The number of rotatable bonds is 5. The fraction of sp³-hybridized carbons (Fsp3) is 0.267. The van der Waals surface area contributed by atoms with Gasteiger partial charge in [-0.1, -0.05) is 12.1 Å². The van der Waals surface area contributed by atoms with Gasteiger partial charge >= 0.3 is 0 Å². The van der Waals surface area contributed by atoms with Crippen molar-refractivity contribution in [1.29, 1.82) is 0 Å². The number of aromatic nitrogens is 2. The molecular formula is C15H16FN3O3. The minimum atomic E-state index is -0.618. The number of methoxy groups -OCH3 is 1. The summed E-state index contributed by atoms with van der Waals surface area (Å²) in [6.45, 7) is 2.19. The number of para-hydroxylation sites is 1. The molecule has 7 heteroatoms. The van der Waals surface area contributed by atoms with Gasteiger partial charge in [0, 0.05) is 25.4 Å². The van der Waals surface area contributed by atoms with Crippen molar-refractivity contribution in [2.45, 2.75) is 6.92 Å². The first kappa shape index (κ1) is 15.8. The molecule has 0 spiro atoms. The standard InChI is InChI=1S/C15H16FN3O3/c1-10-9-13(20)14(15(21)17-7-8-22-2)18-19(10)12-6-4-3-5-11(12)16/h3-6,9H,7-8H2,1-2H3,(H,17,21). The zero-order chi connectivity index (χ0) is 16.1. The number of aryl methyl sites for hydroxylation is 1. The van der Waals surface area contributed by atoms with Gasteiger partial charge in [-0.05, 0) is 19.1 Å². The van der Waals surface area contributed by atoms with Crippen LogP contribution in [0.25, 0.3) is 5.69 Å². The van der Waals surface area contributed by atoms with E-state index in [2.05, 4.69) is 10.4 Å². The van der Waals surface area contributed by atoms with E-state index in [9.17, 15) is 14.0 Å². The maximum atomic E-state index is 13.9. The zero-order valence-corrected chi connectivity index (χ0v) is 12.3. The van der Waals surface area contributed by atoms with E-state index in [4.69, 9.17) is 4.74 Å². The highest BCUT2D eigenvalue weighted by Gasteiger charge is 2.16. The lowest BCUT2D eigenvalue weighted by Gasteiger charge is -2.12. The molecule has 1 aromatic heterocycles. The van der Waals surface area contributed by atoms with Gasteiger partial charge in [0.2, 0.25) is 5.43 Å². The number of hydrogen-bond donors (Lipinski definition) is 1. The molecule has 22 heavy (non-hydrogen) atoms. The lowest BCUT2D eigenvalue weighted by atomic mass is 10.2. The number of nitrogens with one attached hydrogen (secondary N) is 1. The van der Waals surface area contributed by atoms with Crippen LogP contribution in [0.3, 0.4) is 0 Å². The molecule has 116 valence electrons. The number of benzene rings is 1. The summed E-state index contributed by atoms with van der Waals surface area (Å²) in [4.78, 5) is 23.9. The van der Waals surface area contributed by atoms with E-state index >= 15 is 0 Å². The van der Waals surface area contributed by atoms with E-state index in [0.29, 0.717) is 12.3 Å². The Morgan fingerprint density at radius 3 is 2.82 bits per heavy atom. The molecule has 0 fully saturated rings. The number of amides is 1. The van der Waals surface area contributed by atoms with E-state index < -0.39 is 17.2 Å². The second kappa shape index (κ2) is 6.95. The van der Waals surface area contributed by atoms with Gasteiger partial charge < -0.3 is 10.1 Å². The first-order valence-corrected chi connectivity index (χ1v) is 6.67. The third-order valence-corrected chi connectivity index (χ3v) is 2.99. The number of carbonyl (C=O) groups is 1. The van der Waals surface area contributed by atoms with Gasteiger partial charge in [0.25, 0.3) is 5.91 Å². The third kappa shape index (κ3) is 3.37. The maximum Gasteiger partial charge on any atom is 0.275 e. The molecular weight excluding hydrogens is 289 g/mol. The monoisotopic (exact) mass is 305 g/mol. The Morgan fingerprint density at radius 1 is 1.41 bits per heavy atom. The molecule has 0 unspecified atom stereocenters. The molecule has 6 nitrogen and oxygen atoms in total. The first-order valence-electron chi connectivity index (χ1n) is 6.67. The second-order valence-electron chi connectivity index (χ2n) is 4.61. The van der Waals surface area contributed by atoms with Crippen LogP contribution >= 0.6 is 0 Å². The van der Waals surface area contributed by atoms with Gasteiger partial charge in [-0.15, -0.1) is 0 Å². The molecule has 0 radical (unpaired) electrons. The lowest BCUT2D eigenvalue weighted by Crippen LogP contribution is -2.33. The fourth-order valence-electron chi connectivity index (χ4n) is 1.92. The van der Waals surface area contributed by atoms with E-state index in [-0.39, 0.29) is 17.9 Å². The van der Waals surface area contributed by atoms with Crippen LogP contribution in [0.1, 0.15) is 16.2 Å². The van der Waals surface area contributed by atoms with Gasteiger partial charge in [0.05, 0.1) is 6.61 Å². The minimum Gasteiger partial charge on any atom is -0.383 e. The number of ether oxygens (including phenoxy) is 1. The highest BCUT2D eigenvalue weighted by atomic mass is 19.1. The van der Waals surface area contributed by atoms with Gasteiger partial charge in [-0.3, -0.25) is 9.59 Å². The highest BCUT2D eigenvalue weighted by Crippen LogP contribution is 2.12. The summed E-state index contributed by atoms with van der Waals surface area (Å²) >= 11 is 0. The van der Waals surface area contributed by atoms with Crippen LogP contribution < -0.4 is 10.7 Å². The van der Waals surface area contributed by atoms with Crippen LogP contribution in [0.5, 0.6) is 0 Å². The van der Waals surface area contributed by atoms with Gasteiger partial charge in [-0.25, -0.2) is 9.07 Å². The van der Waals surface area contributed by atoms with Crippen molar-refractivity contribution in [2.24, 2.45) is 0 Å². The molecule has 0 atom stereocenters. The molecule has 1 amide bonds. The Morgan fingerprint density at radius 2 is 2.14 bits per heavy atom. The van der Waals surface area contributed by atoms with Crippen molar-refractivity contribution < 1.29 is 13.9 Å². The minimum absolute atomic E-state index is 0.172. The molecule has 1 heterocycles. The average Bonchev–Trinajstić information content (AvgIpc) is 2.48. The van der Waals surface area contributed by atoms with Crippen LogP contribution in [0, 0.1) is 12.7 Å². The molecule has 0 saturated heterocycles. The number of halogens is 1. The normalized spacial score (nSPS) is 10.5. The predicted octanol–water partition coefficient (Wildman–Crippen LogP) is 1.06. The van der Waals surface area contributed by atoms with Crippen molar-refractivity contribution in [3.8, 4) is 5.69 Å². The summed E-state index contributed by atoms with van der Waals surface area (Å²) in [6, 6.07) is 7.26. The van der Waals surface area contributed by atoms with Gasteiger partial charge in [0.1, 0.15) is 11.5 Å². The van der Waals surface area contributed by atoms with Gasteiger partial charge in [-0.2, -0.15) is 5.10 Å². The van der Waals surface area contributed by atoms with Gasteiger partial charge in [0.15, 0.2) is 5.69 Å². The quantitative estimate of drug-likeness (QED) is 0.838. The SMILES string of the molecule is COCCNC(=O)c1nn(-c2ccccc2F)c(C)cc1=O. The third-order valence-electron chi connectivity index (χ3n) is 2.99. The number of nitrogens with zero attached hydrogens (tertiary/aromatic N) is 2. The van der Waals surface area contributed by atoms with E-state index in [0.717, 1.165) is 0 Å². The van der Waals surface area contributed by atoms with Crippen molar-refractivity contribution in [3.05, 3.63) is 57.8 Å². The molecule has 2 aromatic rings. The zero-order valence-electron chi connectivity index (χ0n) is 12.3. The van der Waals surface area contributed by atoms with Crippen molar-refractivity contribution in [1.82, 2.24) is 15.1 Å². The fourth-order valence-corrected chi connectivity index (χ4v) is 1.92. The Kier molecular flexibility index (Phi) is 5.00. The van der Waals surface area contributed by atoms with Crippen LogP contribution in [0.4, 0.5) is 4.39 Å². The maximum absolute atomic E-state index is 13.9. The molecule has 0 saturated carbocycles. The summed E-state index contributed by atoms with van der Waals surface area (Å²) in [5.74, 6) is -1.11. The van der Waals surface area contributed by atoms with Crippen LogP contribution in [0.2, 0.25) is 0 Å². The van der Waals surface area contributed by atoms with E-state index in [1.54, 1.807) is 19.1 Å². The summed E-state index contributed by atoms with van der Waals surface area (Å²) in [6.07, 6.45) is 0. The molecule has 0 aliphatic carbocycles. The first-order chi connectivity index (χ1) is 10.5. The summed E-state index contributed by atoms with van der Waals surface area (Å²) in [5, 5.41) is 6.51. The average molecular weight is 305 g/mol. The number of carbonyl (C=O) groups excluding carboxylic acids is 1.